The molecule has 0 aliphatic carbocycles. The summed E-state index contributed by atoms with van der Waals surface area (Å²) in [4.78, 5) is 26.6. The predicted molar refractivity (Wildman–Crippen MR) is 129 cm³/mol. The van der Waals surface area contributed by atoms with E-state index in [9.17, 15) is 18.0 Å². The van der Waals surface area contributed by atoms with E-state index in [-0.39, 0.29) is 29.5 Å². The van der Waals surface area contributed by atoms with Crippen LogP contribution in [0.3, 0.4) is 0 Å². The molecule has 8 nitrogen and oxygen atoms in total. The monoisotopic (exact) mass is 496 g/mol. The fourth-order valence-electron chi connectivity index (χ4n) is 4.07. The number of ether oxygens (including phenoxy) is 1. The molecule has 1 aliphatic heterocycles. The molecule has 1 amide bonds. The van der Waals surface area contributed by atoms with Gasteiger partial charge in [0, 0.05) is 13.1 Å². The Labute approximate surface area is 204 Å². The summed E-state index contributed by atoms with van der Waals surface area (Å²) in [6.45, 7) is 0.967. The Morgan fingerprint density at radius 3 is 2.34 bits per heavy atom. The van der Waals surface area contributed by atoms with Gasteiger partial charge in [0.15, 0.2) is 6.61 Å². The van der Waals surface area contributed by atoms with E-state index in [4.69, 9.17) is 9.15 Å². The number of benzene rings is 2. The molecule has 35 heavy (non-hydrogen) atoms. The second-order valence-electron chi connectivity index (χ2n) is 8.52. The molecular weight excluding hydrogens is 468 g/mol. The van der Waals surface area contributed by atoms with Gasteiger partial charge in [0.1, 0.15) is 5.76 Å². The summed E-state index contributed by atoms with van der Waals surface area (Å²) in [5.74, 6) is 0.119. The smallest absolute Gasteiger partial charge is 0.338 e. The highest BCUT2D eigenvalue weighted by atomic mass is 32.2. The molecule has 0 atom stereocenters. The first kappa shape index (κ1) is 24.7. The second-order valence-corrected chi connectivity index (χ2v) is 10.3. The van der Waals surface area contributed by atoms with E-state index in [0.29, 0.717) is 24.8 Å². The fraction of sp³-hybridized carbons (Fsp3) is 0.308. The molecule has 3 aromatic rings. The van der Waals surface area contributed by atoms with E-state index in [1.165, 1.54) is 36.1 Å². The quantitative estimate of drug-likeness (QED) is 0.455. The lowest BCUT2D eigenvalue weighted by Gasteiger charge is -2.32. The number of piperidine rings is 1. The summed E-state index contributed by atoms with van der Waals surface area (Å²) in [5.41, 5.74) is 1.47. The first-order chi connectivity index (χ1) is 16.9. The van der Waals surface area contributed by atoms with Gasteiger partial charge in [-0.2, -0.15) is 0 Å². The highest BCUT2D eigenvalue weighted by molar-refractivity contribution is 7.89. The third-order valence-corrected chi connectivity index (χ3v) is 7.50. The number of furan rings is 1. The molecule has 2 aromatic carbocycles. The minimum atomic E-state index is -3.77. The lowest BCUT2D eigenvalue weighted by atomic mass is 9.90. The third-order valence-electron chi connectivity index (χ3n) is 6.08. The summed E-state index contributed by atoms with van der Waals surface area (Å²) >= 11 is 0. The van der Waals surface area contributed by atoms with Crippen LogP contribution in [0, 0.1) is 5.92 Å². The Hall–Kier alpha value is -3.43. The molecule has 1 aromatic heterocycles. The Bertz CT molecular complexity index is 1220. The minimum Gasteiger partial charge on any atom is -0.468 e. The largest absolute Gasteiger partial charge is 0.468 e. The van der Waals surface area contributed by atoms with Gasteiger partial charge in [-0.25, -0.2) is 17.9 Å². The maximum Gasteiger partial charge on any atom is 0.338 e. The van der Waals surface area contributed by atoms with Crippen molar-refractivity contribution in [2.24, 2.45) is 5.92 Å². The molecule has 184 valence electrons. The molecule has 2 heterocycles. The van der Waals surface area contributed by atoms with Gasteiger partial charge in [0.25, 0.3) is 5.91 Å². The van der Waals surface area contributed by atoms with Crippen molar-refractivity contribution in [1.82, 2.24) is 9.62 Å². The first-order valence-electron chi connectivity index (χ1n) is 11.5. The summed E-state index contributed by atoms with van der Waals surface area (Å²) in [5, 5.41) is 0. The Kier molecular flexibility index (Phi) is 7.99. The number of hydrogen-bond donors (Lipinski definition) is 1. The van der Waals surface area contributed by atoms with Crippen LogP contribution in [0.25, 0.3) is 0 Å². The average Bonchev–Trinajstić information content (AvgIpc) is 3.41. The van der Waals surface area contributed by atoms with Gasteiger partial charge in [-0.05, 0) is 67.1 Å². The van der Waals surface area contributed by atoms with Crippen LogP contribution in [0.4, 0.5) is 0 Å². The van der Waals surface area contributed by atoms with Gasteiger partial charge in [0.2, 0.25) is 10.0 Å². The number of carbonyl (C=O) groups excluding carboxylic acids is 2. The number of rotatable bonds is 9. The summed E-state index contributed by atoms with van der Waals surface area (Å²) in [7, 11) is -3.77. The van der Waals surface area contributed by atoms with Crippen molar-refractivity contribution in [3.05, 3.63) is 89.9 Å². The summed E-state index contributed by atoms with van der Waals surface area (Å²) < 4.78 is 37.5. The predicted octanol–water partition coefficient (Wildman–Crippen LogP) is 3.40. The Morgan fingerprint density at radius 2 is 1.69 bits per heavy atom. The zero-order valence-corrected chi connectivity index (χ0v) is 20.1. The van der Waals surface area contributed by atoms with Gasteiger partial charge < -0.3 is 14.1 Å². The number of esters is 1. The number of amides is 1. The molecule has 0 spiro atoms. The molecule has 0 bridgehead atoms. The van der Waals surface area contributed by atoms with E-state index >= 15 is 0 Å². The topological polar surface area (TPSA) is 106 Å². The van der Waals surface area contributed by atoms with Crippen LogP contribution in [0.15, 0.2) is 82.3 Å². The molecule has 1 saturated heterocycles. The Morgan fingerprint density at radius 1 is 0.971 bits per heavy atom. The third kappa shape index (κ3) is 6.80. The number of likely N-dealkylation sites (tertiary alicyclic amines) is 1. The lowest BCUT2D eigenvalue weighted by molar-refractivity contribution is -0.135. The second kappa shape index (κ2) is 11.3. The van der Waals surface area contributed by atoms with Crippen LogP contribution in [-0.2, 0) is 32.5 Å². The average molecular weight is 497 g/mol. The van der Waals surface area contributed by atoms with Gasteiger partial charge in [-0.15, -0.1) is 0 Å². The minimum absolute atomic E-state index is 0.00931. The highest BCUT2D eigenvalue weighted by Crippen LogP contribution is 2.22. The van der Waals surface area contributed by atoms with Crippen molar-refractivity contribution in [1.29, 1.82) is 0 Å². The van der Waals surface area contributed by atoms with Crippen molar-refractivity contribution in [2.45, 2.75) is 30.7 Å². The normalized spacial score (nSPS) is 14.6. The van der Waals surface area contributed by atoms with Gasteiger partial charge in [0.05, 0.1) is 23.3 Å². The maximum absolute atomic E-state index is 12.5. The van der Waals surface area contributed by atoms with Crippen LogP contribution < -0.4 is 4.72 Å². The van der Waals surface area contributed by atoms with Gasteiger partial charge in [-0.3, -0.25) is 4.79 Å². The zero-order valence-electron chi connectivity index (χ0n) is 19.3. The van der Waals surface area contributed by atoms with Crippen LogP contribution in [0.1, 0.15) is 34.5 Å². The molecule has 1 fully saturated rings. The molecule has 0 unspecified atom stereocenters. The molecule has 4 rings (SSSR count). The van der Waals surface area contributed by atoms with Crippen LogP contribution in [0.5, 0.6) is 0 Å². The molecule has 1 N–H and O–H groups in total. The molecule has 0 saturated carbocycles. The van der Waals surface area contributed by atoms with Gasteiger partial charge >= 0.3 is 5.97 Å². The van der Waals surface area contributed by atoms with Crippen molar-refractivity contribution in [3.63, 3.8) is 0 Å². The lowest BCUT2D eigenvalue weighted by Crippen LogP contribution is -2.41. The number of sulfonamides is 1. The van der Waals surface area contributed by atoms with E-state index in [0.717, 1.165) is 19.3 Å². The summed E-state index contributed by atoms with van der Waals surface area (Å²) in [6, 6.07) is 19.0. The standard InChI is InChI=1S/C26H28N2O6S/c29-25(28-14-12-21(13-15-28)17-20-5-2-1-3-6-20)19-34-26(30)22-8-10-24(11-9-22)35(31,32)27-18-23-7-4-16-33-23/h1-11,16,21,27H,12-15,17-19H2. The number of carbonyl (C=O) groups is 2. The zero-order chi connectivity index (χ0) is 24.7. The van der Waals surface area contributed by atoms with E-state index in [2.05, 4.69) is 16.9 Å². The molecule has 1 aliphatic rings. The SMILES string of the molecule is O=C(OCC(=O)N1CCC(Cc2ccccc2)CC1)c1ccc(S(=O)(=O)NCc2ccco2)cc1. The number of nitrogens with one attached hydrogen (secondary N) is 1. The summed E-state index contributed by atoms with van der Waals surface area (Å²) in [6.07, 6.45) is 4.29. The highest BCUT2D eigenvalue weighted by Gasteiger charge is 2.24. The number of hydrogen-bond acceptors (Lipinski definition) is 6. The van der Waals surface area contributed by atoms with Crippen molar-refractivity contribution in [3.8, 4) is 0 Å². The van der Waals surface area contributed by atoms with Crippen LogP contribution in [0.2, 0.25) is 0 Å². The maximum atomic E-state index is 12.5. The molecule has 9 heteroatoms. The first-order valence-corrected chi connectivity index (χ1v) is 13.0. The van der Waals surface area contributed by atoms with Crippen LogP contribution >= 0.6 is 0 Å². The van der Waals surface area contributed by atoms with Crippen molar-refractivity contribution in [2.75, 3.05) is 19.7 Å². The number of nitrogens with zero attached hydrogens (tertiary/aromatic N) is 1. The van der Waals surface area contributed by atoms with E-state index < -0.39 is 16.0 Å². The molecular formula is C26H28N2O6S. The Balaban J connectivity index is 1.22. The van der Waals surface area contributed by atoms with E-state index in [1.54, 1.807) is 17.0 Å². The molecule has 0 radical (unpaired) electrons. The van der Waals surface area contributed by atoms with Crippen molar-refractivity contribution >= 4 is 21.9 Å². The van der Waals surface area contributed by atoms with E-state index in [1.807, 2.05) is 18.2 Å². The van der Waals surface area contributed by atoms with Gasteiger partial charge in [-0.1, -0.05) is 30.3 Å². The van der Waals surface area contributed by atoms with Crippen molar-refractivity contribution < 1.29 is 27.2 Å². The van der Waals surface area contributed by atoms with Crippen LogP contribution in [-0.4, -0.2) is 44.9 Å². The fourth-order valence-corrected chi connectivity index (χ4v) is 5.06.